The molecule has 1 amide bonds. The lowest BCUT2D eigenvalue weighted by Crippen LogP contribution is -2.16. The number of hydrogen-bond donors (Lipinski definition) is 2. The van der Waals surface area contributed by atoms with Gasteiger partial charge in [-0.05, 0) is 37.5 Å². The van der Waals surface area contributed by atoms with Gasteiger partial charge in [0.05, 0.1) is 11.4 Å². The molecular weight excluding hydrogens is 276 g/mol. The summed E-state index contributed by atoms with van der Waals surface area (Å²) in [5, 5.41) is 3.07. The highest BCUT2D eigenvalue weighted by molar-refractivity contribution is 6.32. The monoisotopic (exact) mass is 290 g/mol. The van der Waals surface area contributed by atoms with Crippen LogP contribution in [0.15, 0.2) is 24.5 Å². The molecule has 20 heavy (non-hydrogen) atoms. The van der Waals surface area contributed by atoms with Gasteiger partial charge in [-0.15, -0.1) is 0 Å². The highest BCUT2D eigenvalue weighted by Crippen LogP contribution is 2.37. The van der Waals surface area contributed by atoms with Crippen molar-refractivity contribution in [3.05, 3.63) is 40.9 Å². The van der Waals surface area contributed by atoms with Gasteiger partial charge in [0.25, 0.3) is 5.91 Å². The number of carbonyl (C=O) groups is 1. The molecule has 3 rings (SSSR count). The number of nitrogen functional groups attached to an aromatic ring is 1. The number of nitrogens with two attached hydrogens (primary N) is 1. The van der Waals surface area contributed by atoms with Gasteiger partial charge in [0.15, 0.2) is 5.15 Å². The van der Waals surface area contributed by atoms with Crippen LogP contribution in [0.5, 0.6) is 0 Å². The Bertz CT molecular complexity index is 676. The quantitative estimate of drug-likeness (QED) is 0.854. The number of nitrogens with zero attached hydrogens (tertiary/aromatic N) is 2. The Hall–Kier alpha value is -2.01. The third kappa shape index (κ3) is 2.49. The Labute approximate surface area is 121 Å². The van der Waals surface area contributed by atoms with Crippen molar-refractivity contribution >= 4 is 28.9 Å². The first-order valence-corrected chi connectivity index (χ1v) is 6.83. The van der Waals surface area contributed by atoms with Crippen molar-refractivity contribution in [1.82, 2.24) is 9.55 Å². The summed E-state index contributed by atoms with van der Waals surface area (Å²) in [5.74, 6) is -0.220. The SMILES string of the molecule is Cc1cnc(Cl)c(NC(=O)c2cc(N)cn2C2CC2)c1. The van der Waals surface area contributed by atoms with Crippen molar-refractivity contribution in [2.45, 2.75) is 25.8 Å². The number of anilines is 2. The Morgan fingerprint density at radius 2 is 2.25 bits per heavy atom. The topological polar surface area (TPSA) is 72.9 Å². The van der Waals surface area contributed by atoms with E-state index in [4.69, 9.17) is 17.3 Å². The molecule has 0 aromatic carbocycles. The average Bonchev–Trinajstić information content (AvgIpc) is 3.17. The summed E-state index contributed by atoms with van der Waals surface area (Å²) >= 11 is 5.99. The van der Waals surface area contributed by atoms with Crippen molar-refractivity contribution in [1.29, 1.82) is 0 Å². The second-order valence-electron chi connectivity index (χ2n) is 5.10. The largest absolute Gasteiger partial charge is 0.397 e. The summed E-state index contributed by atoms with van der Waals surface area (Å²) in [5.41, 5.74) is 8.39. The van der Waals surface area contributed by atoms with Crippen molar-refractivity contribution in [2.24, 2.45) is 0 Å². The van der Waals surface area contributed by atoms with E-state index in [-0.39, 0.29) is 11.1 Å². The Morgan fingerprint density at radius 3 is 2.95 bits per heavy atom. The van der Waals surface area contributed by atoms with Crippen LogP contribution >= 0.6 is 11.6 Å². The van der Waals surface area contributed by atoms with Crippen LogP contribution in [0.25, 0.3) is 0 Å². The number of carbonyl (C=O) groups excluding carboxylic acids is 1. The van der Waals surface area contributed by atoms with Crippen LogP contribution in [-0.4, -0.2) is 15.5 Å². The third-order valence-electron chi connectivity index (χ3n) is 3.27. The van der Waals surface area contributed by atoms with E-state index in [1.165, 1.54) is 0 Å². The van der Waals surface area contributed by atoms with Gasteiger partial charge in [-0.2, -0.15) is 0 Å². The van der Waals surface area contributed by atoms with Crippen molar-refractivity contribution < 1.29 is 4.79 Å². The molecule has 2 aromatic heterocycles. The standard InChI is InChI=1S/C14H15ClN4O/c1-8-4-11(13(15)17-6-8)18-14(20)12-5-9(16)7-19(12)10-2-3-10/h4-7,10H,2-3,16H2,1H3,(H,18,20). The fraction of sp³-hybridized carbons (Fsp3) is 0.286. The van der Waals surface area contributed by atoms with Gasteiger partial charge in [0, 0.05) is 18.4 Å². The first-order valence-electron chi connectivity index (χ1n) is 6.45. The molecule has 1 aliphatic rings. The molecule has 0 saturated heterocycles. The van der Waals surface area contributed by atoms with Crippen LogP contribution in [-0.2, 0) is 0 Å². The molecule has 2 heterocycles. The van der Waals surface area contributed by atoms with E-state index in [1.807, 2.05) is 17.7 Å². The number of nitrogens with one attached hydrogen (secondary N) is 1. The van der Waals surface area contributed by atoms with Crippen LogP contribution in [0.1, 0.15) is 34.9 Å². The summed E-state index contributed by atoms with van der Waals surface area (Å²) < 4.78 is 1.93. The molecule has 0 bridgehead atoms. The number of pyridine rings is 1. The average molecular weight is 291 g/mol. The van der Waals surface area contributed by atoms with E-state index in [0.29, 0.717) is 23.1 Å². The zero-order chi connectivity index (χ0) is 14.3. The summed E-state index contributed by atoms with van der Waals surface area (Å²) in [6.07, 6.45) is 5.63. The maximum absolute atomic E-state index is 12.4. The fourth-order valence-corrected chi connectivity index (χ4v) is 2.31. The molecule has 0 unspecified atom stereocenters. The zero-order valence-corrected chi connectivity index (χ0v) is 11.8. The number of rotatable bonds is 3. The van der Waals surface area contributed by atoms with Crippen molar-refractivity contribution in [3.8, 4) is 0 Å². The van der Waals surface area contributed by atoms with E-state index < -0.39 is 0 Å². The molecule has 0 radical (unpaired) electrons. The summed E-state index contributed by atoms with van der Waals surface area (Å²) in [6, 6.07) is 3.87. The molecule has 2 aromatic rings. The maximum atomic E-state index is 12.4. The lowest BCUT2D eigenvalue weighted by molar-refractivity contribution is 0.101. The molecule has 104 valence electrons. The zero-order valence-electron chi connectivity index (χ0n) is 11.1. The van der Waals surface area contributed by atoms with Crippen molar-refractivity contribution in [2.75, 3.05) is 11.1 Å². The van der Waals surface area contributed by atoms with Gasteiger partial charge in [0.2, 0.25) is 0 Å². The lowest BCUT2D eigenvalue weighted by Gasteiger charge is -2.09. The van der Waals surface area contributed by atoms with Gasteiger partial charge in [-0.25, -0.2) is 4.98 Å². The van der Waals surface area contributed by atoms with E-state index in [0.717, 1.165) is 18.4 Å². The van der Waals surface area contributed by atoms with Gasteiger partial charge in [0.1, 0.15) is 5.69 Å². The van der Waals surface area contributed by atoms with Gasteiger partial charge >= 0.3 is 0 Å². The smallest absolute Gasteiger partial charge is 0.272 e. The number of aryl methyl sites for hydroxylation is 1. The number of halogens is 1. The van der Waals surface area contributed by atoms with Gasteiger partial charge in [-0.3, -0.25) is 4.79 Å². The highest BCUT2D eigenvalue weighted by Gasteiger charge is 2.27. The molecule has 6 heteroatoms. The molecular formula is C14H15ClN4O. The number of amides is 1. The minimum atomic E-state index is -0.220. The first-order chi connectivity index (χ1) is 9.54. The molecule has 0 atom stereocenters. The lowest BCUT2D eigenvalue weighted by atomic mass is 10.3. The van der Waals surface area contributed by atoms with Gasteiger partial charge < -0.3 is 15.6 Å². The van der Waals surface area contributed by atoms with Crippen LogP contribution in [0.3, 0.4) is 0 Å². The van der Waals surface area contributed by atoms with Gasteiger partial charge in [-0.1, -0.05) is 11.6 Å². The fourth-order valence-electron chi connectivity index (χ4n) is 2.16. The third-order valence-corrected chi connectivity index (χ3v) is 3.57. The Morgan fingerprint density at radius 1 is 1.50 bits per heavy atom. The Balaban J connectivity index is 1.87. The maximum Gasteiger partial charge on any atom is 0.272 e. The van der Waals surface area contributed by atoms with E-state index in [2.05, 4.69) is 10.3 Å². The molecule has 3 N–H and O–H groups in total. The van der Waals surface area contributed by atoms with E-state index >= 15 is 0 Å². The van der Waals surface area contributed by atoms with Crippen molar-refractivity contribution in [3.63, 3.8) is 0 Å². The minimum Gasteiger partial charge on any atom is -0.397 e. The number of aromatic nitrogens is 2. The summed E-state index contributed by atoms with van der Waals surface area (Å²) in [6.45, 7) is 1.89. The molecule has 0 aliphatic heterocycles. The normalized spacial score (nSPS) is 14.3. The Kier molecular flexibility index (Phi) is 3.14. The molecule has 1 aliphatic carbocycles. The second-order valence-corrected chi connectivity index (χ2v) is 5.46. The van der Waals surface area contributed by atoms with Crippen LogP contribution in [0.4, 0.5) is 11.4 Å². The van der Waals surface area contributed by atoms with E-state index in [1.54, 1.807) is 18.3 Å². The van der Waals surface area contributed by atoms with Crippen LogP contribution < -0.4 is 11.1 Å². The molecule has 0 spiro atoms. The second kappa shape index (κ2) is 4.83. The van der Waals surface area contributed by atoms with Crippen LogP contribution in [0.2, 0.25) is 5.15 Å². The summed E-state index contributed by atoms with van der Waals surface area (Å²) in [4.78, 5) is 16.4. The number of hydrogen-bond acceptors (Lipinski definition) is 3. The highest BCUT2D eigenvalue weighted by atomic mass is 35.5. The molecule has 1 fully saturated rings. The minimum absolute atomic E-state index is 0.220. The molecule has 5 nitrogen and oxygen atoms in total. The van der Waals surface area contributed by atoms with E-state index in [9.17, 15) is 4.79 Å². The first kappa shape index (κ1) is 13.0. The summed E-state index contributed by atoms with van der Waals surface area (Å²) in [7, 11) is 0. The predicted octanol–water partition coefficient (Wildman–Crippen LogP) is 3.01. The molecule has 1 saturated carbocycles. The predicted molar refractivity (Wildman–Crippen MR) is 79.1 cm³/mol. The van der Waals surface area contributed by atoms with Crippen LogP contribution in [0, 0.1) is 6.92 Å².